The largest absolute Gasteiger partial charge is 0.494 e. The van der Waals surface area contributed by atoms with Crippen LogP contribution >= 0.6 is 0 Å². The number of likely N-dealkylation sites (tertiary alicyclic amines) is 1. The zero-order chi connectivity index (χ0) is 19.6. The summed E-state index contributed by atoms with van der Waals surface area (Å²) in [6, 6.07) is 18.0. The lowest BCUT2D eigenvalue weighted by Gasteiger charge is -2.18. The minimum Gasteiger partial charge on any atom is -0.494 e. The van der Waals surface area contributed by atoms with Gasteiger partial charge in [0.1, 0.15) is 5.75 Å². The fourth-order valence-electron chi connectivity index (χ4n) is 4.91. The van der Waals surface area contributed by atoms with Crippen LogP contribution in [0.25, 0.3) is 11.1 Å². The lowest BCUT2D eigenvalue weighted by atomic mass is 9.86. The number of rotatable bonds is 7. The highest BCUT2D eigenvalue weighted by atomic mass is 16.5. The van der Waals surface area contributed by atoms with Crippen molar-refractivity contribution >= 4 is 0 Å². The predicted octanol–water partition coefficient (Wildman–Crippen LogP) is 4.27. The van der Waals surface area contributed by atoms with E-state index in [0.717, 1.165) is 48.3 Å². The van der Waals surface area contributed by atoms with Gasteiger partial charge in [-0.1, -0.05) is 36.4 Å². The lowest BCUT2D eigenvalue weighted by Crippen LogP contribution is -2.26. The summed E-state index contributed by atoms with van der Waals surface area (Å²) >= 11 is 0. The molecule has 3 heterocycles. The molecule has 2 fully saturated rings. The van der Waals surface area contributed by atoms with Crippen LogP contribution in [0.2, 0.25) is 0 Å². The highest BCUT2D eigenvalue weighted by molar-refractivity contribution is 5.64. The average molecular weight is 386 g/mol. The van der Waals surface area contributed by atoms with Crippen LogP contribution in [-0.2, 0) is 4.74 Å². The molecule has 2 bridgehead atoms. The fraction of sp³-hybridized carbons (Fsp3) is 0.400. The normalized spacial score (nSPS) is 27.1. The average Bonchev–Trinajstić information content (AvgIpc) is 3.48. The first-order valence-corrected chi connectivity index (χ1v) is 10.6. The molecular weight excluding hydrogens is 360 g/mol. The van der Waals surface area contributed by atoms with Gasteiger partial charge in [0.05, 0.1) is 30.4 Å². The molecule has 0 aliphatic carbocycles. The van der Waals surface area contributed by atoms with Crippen molar-refractivity contribution in [1.82, 2.24) is 4.90 Å². The number of fused-ring (bicyclic) bond motifs is 5. The summed E-state index contributed by atoms with van der Waals surface area (Å²) in [6.45, 7) is 4.29. The van der Waals surface area contributed by atoms with Crippen molar-refractivity contribution in [3.8, 4) is 22.9 Å². The van der Waals surface area contributed by atoms with Gasteiger partial charge < -0.3 is 14.4 Å². The number of nitrogens with zero attached hydrogens (tertiary/aromatic N) is 2. The Bertz CT molecular complexity index is 893. The molecule has 0 spiro atoms. The van der Waals surface area contributed by atoms with Crippen LogP contribution in [0.3, 0.4) is 0 Å². The van der Waals surface area contributed by atoms with Crippen LogP contribution in [0.15, 0.2) is 60.7 Å². The van der Waals surface area contributed by atoms with Gasteiger partial charge in [0.25, 0.3) is 0 Å². The number of unbranched alkanes of at least 4 members (excludes halogenated alkanes) is 1. The Labute approximate surface area is 172 Å². The second kappa shape index (κ2) is 8.02. The summed E-state index contributed by atoms with van der Waals surface area (Å²) < 4.78 is 11.9. The summed E-state index contributed by atoms with van der Waals surface area (Å²) in [5.41, 5.74) is 2.93. The molecule has 0 unspecified atom stereocenters. The maximum absolute atomic E-state index is 8.90. The third-order valence-electron chi connectivity index (χ3n) is 6.48. The molecule has 5 rings (SSSR count). The molecule has 148 valence electrons. The minimum atomic E-state index is 0.380. The Morgan fingerprint density at radius 2 is 1.52 bits per heavy atom. The molecular formula is C25H26N2O2. The molecule has 0 radical (unpaired) electrons. The third kappa shape index (κ3) is 3.81. The smallest absolute Gasteiger partial charge is 0.119 e. The number of benzene rings is 2. The molecule has 2 aromatic rings. The molecule has 2 saturated heterocycles. The van der Waals surface area contributed by atoms with Gasteiger partial charge in [-0.15, -0.1) is 0 Å². The van der Waals surface area contributed by atoms with Crippen molar-refractivity contribution in [2.45, 2.75) is 25.0 Å². The molecule has 3 aliphatic rings. The van der Waals surface area contributed by atoms with Crippen molar-refractivity contribution in [1.29, 1.82) is 5.26 Å². The van der Waals surface area contributed by atoms with Gasteiger partial charge in [-0.25, -0.2) is 0 Å². The van der Waals surface area contributed by atoms with Crippen molar-refractivity contribution < 1.29 is 9.47 Å². The van der Waals surface area contributed by atoms with E-state index in [-0.39, 0.29) is 0 Å². The van der Waals surface area contributed by atoms with E-state index >= 15 is 0 Å². The van der Waals surface area contributed by atoms with Crippen molar-refractivity contribution in [3.63, 3.8) is 0 Å². The summed E-state index contributed by atoms with van der Waals surface area (Å²) in [5, 5.41) is 8.90. The maximum atomic E-state index is 8.90. The molecule has 4 heteroatoms. The molecule has 29 heavy (non-hydrogen) atoms. The van der Waals surface area contributed by atoms with Gasteiger partial charge in [0, 0.05) is 24.9 Å². The quantitative estimate of drug-likeness (QED) is 0.527. The molecule has 2 aromatic carbocycles. The van der Waals surface area contributed by atoms with E-state index in [2.05, 4.69) is 35.3 Å². The first-order chi connectivity index (χ1) is 14.3. The Kier molecular flexibility index (Phi) is 5.10. The summed E-state index contributed by atoms with van der Waals surface area (Å²) in [5.74, 6) is 2.35. The van der Waals surface area contributed by atoms with Crippen LogP contribution in [0.5, 0.6) is 5.75 Å². The highest BCUT2D eigenvalue weighted by Gasteiger charge is 2.50. The molecule has 0 aromatic heterocycles. The minimum absolute atomic E-state index is 0.380. The van der Waals surface area contributed by atoms with Gasteiger partial charge >= 0.3 is 0 Å². The molecule has 0 N–H and O–H groups in total. The van der Waals surface area contributed by atoms with Crippen LogP contribution in [-0.4, -0.2) is 43.3 Å². The first-order valence-electron chi connectivity index (χ1n) is 10.6. The van der Waals surface area contributed by atoms with Crippen LogP contribution in [0, 0.1) is 23.2 Å². The van der Waals surface area contributed by atoms with Crippen molar-refractivity contribution in [2.75, 3.05) is 26.2 Å². The van der Waals surface area contributed by atoms with E-state index in [1.165, 1.54) is 19.5 Å². The van der Waals surface area contributed by atoms with Crippen molar-refractivity contribution in [2.24, 2.45) is 11.8 Å². The second-order valence-corrected chi connectivity index (χ2v) is 8.31. The SMILES string of the molecule is N#Cc1ccc(-c2ccc(OCCCCN3C[C@@H]4[C@H](C3)[C@H]3C=C[C@@H]4O3)cc2)cc1. The fourth-order valence-corrected chi connectivity index (χ4v) is 4.91. The topological polar surface area (TPSA) is 45.5 Å². The van der Waals surface area contributed by atoms with Gasteiger partial charge in [0.2, 0.25) is 0 Å². The van der Waals surface area contributed by atoms with Crippen LogP contribution < -0.4 is 4.74 Å². The Hall–Kier alpha value is -2.61. The van der Waals surface area contributed by atoms with E-state index in [4.69, 9.17) is 14.7 Å². The second-order valence-electron chi connectivity index (χ2n) is 8.31. The number of hydrogen-bond donors (Lipinski definition) is 0. The zero-order valence-corrected chi connectivity index (χ0v) is 16.5. The third-order valence-corrected chi connectivity index (χ3v) is 6.48. The van der Waals surface area contributed by atoms with Crippen LogP contribution in [0.1, 0.15) is 18.4 Å². The lowest BCUT2D eigenvalue weighted by molar-refractivity contribution is 0.0845. The summed E-state index contributed by atoms with van der Waals surface area (Å²) in [6.07, 6.45) is 7.53. The van der Waals surface area contributed by atoms with E-state index in [1.54, 1.807) is 0 Å². The van der Waals surface area contributed by atoms with Gasteiger partial charge in [-0.05, 0) is 54.8 Å². The first kappa shape index (κ1) is 18.4. The number of ether oxygens (including phenoxy) is 2. The molecule has 4 nitrogen and oxygen atoms in total. The highest BCUT2D eigenvalue weighted by Crippen LogP contribution is 2.43. The van der Waals surface area contributed by atoms with Crippen molar-refractivity contribution in [3.05, 3.63) is 66.2 Å². The predicted molar refractivity (Wildman–Crippen MR) is 113 cm³/mol. The van der Waals surface area contributed by atoms with E-state index in [1.807, 2.05) is 36.4 Å². The standard InChI is InChI=1S/C25H26N2O2/c26-15-18-3-5-19(6-4-18)20-7-9-21(10-8-20)28-14-2-1-13-27-16-22-23(17-27)25-12-11-24(22)29-25/h3-12,22-25H,1-2,13-14,16-17H2/t22-,23+,24+,25-. The van der Waals surface area contributed by atoms with E-state index < -0.39 is 0 Å². The molecule has 0 amide bonds. The van der Waals surface area contributed by atoms with E-state index in [0.29, 0.717) is 17.8 Å². The Morgan fingerprint density at radius 1 is 0.897 bits per heavy atom. The molecule has 0 saturated carbocycles. The Balaban J connectivity index is 1.03. The van der Waals surface area contributed by atoms with E-state index in [9.17, 15) is 0 Å². The maximum Gasteiger partial charge on any atom is 0.119 e. The monoisotopic (exact) mass is 386 g/mol. The van der Waals surface area contributed by atoms with Gasteiger partial charge in [-0.2, -0.15) is 5.26 Å². The van der Waals surface area contributed by atoms with Gasteiger partial charge in [-0.3, -0.25) is 0 Å². The van der Waals surface area contributed by atoms with Gasteiger partial charge in [0.15, 0.2) is 0 Å². The number of nitriles is 1. The zero-order valence-electron chi connectivity index (χ0n) is 16.5. The molecule has 3 aliphatic heterocycles. The van der Waals surface area contributed by atoms with Crippen LogP contribution in [0.4, 0.5) is 0 Å². The molecule has 4 atom stereocenters. The summed E-state index contributed by atoms with van der Waals surface area (Å²) in [4.78, 5) is 2.61. The number of hydrogen-bond acceptors (Lipinski definition) is 4. The summed E-state index contributed by atoms with van der Waals surface area (Å²) in [7, 11) is 0. The Morgan fingerprint density at radius 3 is 2.14 bits per heavy atom.